The summed E-state index contributed by atoms with van der Waals surface area (Å²) in [6, 6.07) is 4.62. The summed E-state index contributed by atoms with van der Waals surface area (Å²) in [6.45, 7) is -0.603. The van der Waals surface area contributed by atoms with E-state index in [2.05, 4.69) is 5.32 Å². The minimum Gasteiger partial charge on any atom is -0.483 e. The van der Waals surface area contributed by atoms with Crippen molar-refractivity contribution < 1.29 is 32.6 Å². The average Bonchev–Trinajstić information content (AvgIpc) is 2.91. The van der Waals surface area contributed by atoms with Gasteiger partial charge in [-0.05, 0) is 25.0 Å². The molecule has 1 aromatic carbocycles. The zero-order valence-corrected chi connectivity index (χ0v) is 12.9. The zero-order valence-electron chi connectivity index (χ0n) is 12.9. The van der Waals surface area contributed by atoms with E-state index in [-0.39, 0.29) is 6.42 Å². The van der Waals surface area contributed by atoms with E-state index in [4.69, 9.17) is 9.84 Å². The molecule has 0 radical (unpaired) electrons. The van der Waals surface area contributed by atoms with Crippen molar-refractivity contribution in [1.82, 2.24) is 5.32 Å². The van der Waals surface area contributed by atoms with Crippen molar-refractivity contribution in [2.75, 3.05) is 6.61 Å². The van der Waals surface area contributed by atoms with Gasteiger partial charge in [-0.25, -0.2) is 0 Å². The molecule has 1 fully saturated rings. The minimum absolute atomic E-state index is 0.210. The summed E-state index contributed by atoms with van der Waals surface area (Å²) in [5.41, 5.74) is -1.80. The summed E-state index contributed by atoms with van der Waals surface area (Å²) in [5, 5.41) is 11.6. The van der Waals surface area contributed by atoms with Crippen LogP contribution in [0.3, 0.4) is 0 Å². The Kier molecular flexibility index (Phi) is 5.36. The summed E-state index contributed by atoms with van der Waals surface area (Å²) >= 11 is 0. The van der Waals surface area contributed by atoms with Crippen LogP contribution in [-0.2, 0) is 15.8 Å². The van der Waals surface area contributed by atoms with Gasteiger partial charge in [0.15, 0.2) is 6.61 Å². The van der Waals surface area contributed by atoms with Gasteiger partial charge in [0, 0.05) is 0 Å². The average molecular weight is 345 g/mol. The minimum atomic E-state index is -4.58. The Morgan fingerprint density at radius 2 is 1.83 bits per heavy atom. The van der Waals surface area contributed by atoms with E-state index in [1.807, 2.05) is 0 Å². The maximum Gasteiger partial charge on any atom is 0.419 e. The number of para-hydroxylation sites is 1. The molecule has 1 aromatic rings. The number of carboxylic acid groups (broad SMARTS) is 1. The van der Waals surface area contributed by atoms with Crippen molar-refractivity contribution in [3.8, 4) is 5.75 Å². The van der Waals surface area contributed by atoms with Gasteiger partial charge in [-0.15, -0.1) is 0 Å². The second-order valence-corrected chi connectivity index (χ2v) is 5.89. The van der Waals surface area contributed by atoms with Gasteiger partial charge >= 0.3 is 12.1 Å². The Morgan fingerprint density at radius 3 is 2.42 bits per heavy atom. The summed E-state index contributed by atoms with van der Waals surface area (Å²) < 4.78 is 43.6. The SMILES string of the molecule is O=C(O)CC1(NC(=O)COc2ccccc2C(F)(F)F)CCCC1. The Hall–Kier alpha value is -2.25. The number of amides is 1. The van der Waals surface area contributed by atoms with E-state index in [1.54, 1.807) is 0 Å². The van der Waals surface area contributed by atoms with Crippen LogP contribution < -0.4 is 10.1 Å². The molecule has 0 spiro atoms. The quantitative estimate of drug-likeness (QED) is 0.831. The molecule has 1 aliphatic rings. The highest BCUT2D eigenvalue weighted by Crippen LogP contribution is 2.36. The van der Waals surface area contributed by atoms with Crippen molar-refractivity contribution in [1.29, 1.82) is 0 Å². The Bertz CT molecular complexity index is 610. The van der Waals surface area contributed by atoms with Crippen LogP contribution in [0, 0.1) is 0 Å². The fourth-order valence-electron chi connectivity index (χ4n) is 2.99. The monoisotopic (exact) mass is 345 g/mol. The number of hydrogen-bond acceptors (Lipinski definition) is 3. The molecule has 24 heavy (non-hydrogen) atoms. The van der Waals surface area contributed by atoms with Crippen molar-refractivity contribution in [2.24, 2.45) is 0 Å². The summed E-state index contributed by atoms with van der Waals surface area (Å²) in [4.78, 5) is 23.0. The number of aliphatic carboxylic acids is 1. The fraction of sp³-hybridized carbons (Fsp3) is 0.500. The van der Waals surface area contributed by atoms with E-state index in [1.165, 1.54) is 12.1 Å². The van der Waals surface area contributed by atoms with Crippen LogP contribution in [0.1, 0.15) is 37.7 Å². The maximum atomic E-state index is 12.9. The predicted octanol–water partition coefficient (Wildman–Crippen LogP) is 2.99. The molecule has 0 unspecified atom stereocenters. The summed E-state index contributed by atoms with van der Waals surface area (Å²) in [6.07, 6.45) is -2.13. The lowest BCUT2D eigenvalue weighted by Crippen LogP contribution is -2.49. The lowest BCUT2D eigenvalue weighted by molar-refractivity contribution is -0.141. The smallest absolute Gasteiger partial charge is 0.419 e. The van der Waals surface area contributed by atoms with Gasteiger partial charge in [-0.1, -0.05) is 25.0 Å². The van der Waals surface area contributed by atoms with Gasteiger partial charge < -0.3 is 15.2 Å². The van der Waals surface area contributed by atoms with Gasteiger partial charge in [0.05, 0.1) is 17.5 Å². The number of benzene rings is 1. The molecule has 0 bridgehead atoms. The van der Waals surface area contributed by atoms with Crippen LogP contribution in [0.25, 0.3) is 0 Å². The van der Waals surface area contributed by atoms with E-state index in [0.717, 1.165) is 25.0 Å². The first-order chi connectivity index (χ1) is 11.2. The highest BCUT2D eigenvalue weighted by Gasteiger charge is 2.38. The molecule has 2 N–H and O–H groups in total. The topological polar surface area (TPSA) is 75.6 Å². The van der Waals surface area contributed by atoms with Crippen LogP contribution in [0.2, 0.25) is 0 Å². The molecule has 1 aliphatic carbocycles. The van der Waals surface area contributed by atoms with Gasteiger partial charge in [0.25, 0.3) is 5.91 Å². The van der Waals surface area contributed by atoms with Crippen molar-refractivity contribution >= 4 is 11.9 Å². The van der Waals surface area contributed by atoms with E-state index < -0.39 is 41.5 Å². The highest BCUT2D eigenvalue weighted by molar-refractivity contribution is 5.79. The largest absolute Gasteiger partial charge is 0.483 e. The van der Waals surface area contributed by atoms with E-state index in [0.29, 0.717) is 12.8 Å². The van der Waals surface area contributed by atoms with Crippen molar-refractivity contribution in [3.05, 3.63) is 29.8 Å². The molecular weight excluding hydrogens is 327 g/mol. The van der Waals surface area contributed by atoms with Gasteiger partial charge in [-0.3, -0.25) is 9.59 Å². The van der Waals surface area contributed by atoms with Crippen LogP contribution >= 0.6 is 0 Å². The van der Waals surface area contributed by atoms with Gasteiger partial charge in [0.2, 0.25) is 0 Å². The summed E-state index contributed by atoms with van der Waals surface area (Å²) in [5.74, 6) is -2.09. The molecule has 0 atom stereocenters. The predicted molar refractivity (Wildman–Crippen MR) is 78.5 cm³/mol. The van der Waals surface area contributed by atoms with Gasteiger partial charge in [0.1, 0.15) is 5.75 Å². The molecule has 1 saturated carbocycles. The first-order valence-corrected chi connectivity index (χ1v) is 7.54. The maximum absolute atomic E-state index is 12.9. The van der Waals surface area contributed by atoms with Crippen LogP contribution in [-0.4, -0.2) is 29.1 Å². The zero-order chi connectivity index (χ0) is 17.8. The molecular formula is C16H18F3NO4. The highest BCUT2D eigenvalue weighted by atomic mass is 19.4. The Morgan fingerprint density at radius 1 is 1.21 bits per heavy atom. The second kappa shape index (κ2) is 7.11. The molecule has 0 aliphatic heterocycles. The molecule has 5 nitrogen and oxygen atoms in total. The normalized spacial score (nSPS) is 16.6. The van der Waals surface area contributed by atoms with Crippen LogP contribution in [0.4, 0.5) is 13.2 Å². The number of carboxylic acids is 1. The number of carbonyl (C=O) groups is 2. The number of ether oxygens (including phenoxy) is 1. The number of alkyl halides is 3. The number of nitrogens with one attached hydrogen (secondary N) is 1. The molecule has 0 saturated heterocycles. The number of hydrogen-bond donors (Lipinski definition) is 2. The first kappa shape index (κ1) is 18.1. The van der Waals surface area contributed by atoms with Crippen LogP contribution in [0.5, 0.6) is 5.75 Å². The molecule has 0 heterocycles. The summed E-state index contributed by atoms with van der Waals surface area (Å²) in [7, 11) is 0. The molecule has 2 rings (SSSR count). The standard InChI is InChI=1S/C16H18F3NO4/c17-16(18,19)11-5-1-2-6-12(11)24-10-13(21)20-15(9-14(22)23)7-3-4-8-15/h1-2,5-6H,3-4,7-10H2,(H,20,21)(H,22,23). The lowest BCUT2D eigenvalue weighted by atomic mass is 9.93. The molecule has 0 aromatic heterocycles. The second-order valence-electron chi connectivity index (χ2n) is 5.89. The van der Waals surface area contributed by atoms with Crippen molar-refractivity contribution in [3.63, 3.8) is 0 Å². The molecule has 132 valence electrons. The molecule has 1 amide bonds. The van der Waals surface area contributed by atoms with Gasteiger partial charge in [-0.2, -0.15) is 13.2 Å². The number of rotatable bonds is 6. The van der Waals surface area contributed by atoms with E-state index >= 15 is 0 Å². The lowest BCUT2D eigenvalue weighted by Gasteiger charge is -2.28. The molecule has 8 heteroatoms. The Labute approximate surface area is 136 Å². The van der Waals surface area contributed by atoms with Crippen molar-refractivity contribution in [2.45, 2.75) is 43.8 Å². The number of carbonyl (C=O) groups excluding carboxylic acids is 1. The Balaban J connectivity index is 2.00. The first-order valence-electron chi connectivity index (χ1n) is 7.54. The third kappa shape index (κ3) is 4.62. The number of halogens is 3. The van der Waals surface area contributed by atoms with E-state index in [9.17, 15) is 22.8 Å². The van der Waals surface area contributed by atoms with Crippen LogP contribution in [0.15, 0.2) is 24.3 Å². The third-order valence-corrected chi connectivity index (χ3v) is 4.01. The third-order valence-electron chi connectivity index (χ3n) is 4.01. The fourth-order valence-corrected chi connectivity index (χ4v) is 2.99.